The summed E-state index contributed by atoms with van der Waals surface area (Å²) < 4.78 is 5.14. The van der Waals surface area contributed by atoms with Crippen LogP contribution in [0, 0.1) is 5.92 Å². The topological polar surface area (TPSA) is 70.7 Å². The zero-order valence-corrected chi connectivity index (χ0v) is 16.8. The van der Waals surface area contributed by atoms with Gasteiger partial charge in [0.2, 0.25) is 5.91 Å². The molecule has 0 spiro atoms. The first-order valence-electron chi connectivity index (χ1n) is 9.97. The van der Waals surface area contributed by atoms with Crippen molar-refractivity contribution in [1.29, 1.82) is 0 Å². The molecule has 0 radical (unpaired) electrons. The van der Waals surface area contributed by atoms with Gasteiger partial charge < -0.3 is 20.3 Å². The van der Waals surface area contributed by atoms with Crippen molar-refractivity contribution in [2.24, 2.45) is 5.92 Å². The third-order valence-corrected chi connectivity index (χ3v) is 5.23. The van der Waals surface area contributed by atoms with Gasteiger partial charge in [-0.15, -0.1) is 0 Å². The number of urea groups is 1. The van der Waals surface area contributed by atoms with E-state index in [1.807, 2.05) is 29.2 Å². The van der Waals surface area contributed by atoms with Gasteiger partial charge in [0.25, 0.3) is 0 Å². The van der Waals surface area contributed by atoms with Crippen molar-refractivity contribution in [3.8, 4) is 0 Å². The van der Waals surface area contributed by atoms with Gasteiger partial charge in [0.1, 0.15) is 0 Å². The van der Waals surface area contributed by atoms with Crippen LogP contribution in [0.15, 0.2) is 24.3 Å². The van der Waals surface area contributed by atoms with E-state index in [1.165, 1.54) is 0 Å². The van der Waals surface area contributed by atoms with E-state index < -0.39 is 0 Å². The number of hydrogen-bond donors (Lipinski definition) is 2. The van der Waals surface area contributed by atoms with E-state index in [9.17, 15) is 9.59 Å². The lowest BCUT2D eigenvalue weighted by Crippen LogP contribution is -2.50. The first-order chi connectivity index (χ1) is 13.1. The van der Waals surface area contributed by atoms with E-state index in [0.29, 0.717) is 13.2 Å². The number of likely N-dealkylation sites (tertiary alicyclic amines) is 1. The molecule has 0 unspecified atom stereocenters. The van der Waals surface area contributed by atoms with Gasteiger partial charge in [-0.25, -0.2) is 4.79 Å². The molecule has 1 aliphatic heterocycles. The molecule has 0 aliphatic carbocycles. The Hall–Kier alpha value is -2.08. The fourth-order valence-electron chi connectivity index (χ4n) is 3.56. The van der Waals surface area contributed by atoms with Gasteiger partial charge in [-0.3, -0.25) is 4.79 Å². The number of amides is 3. The largest absolute Gasteiger partial charge is 0.380 e. The number of carbonyl (C=O) groups is 2. The summed E-state index contributed by atoms with van der Waals surface area (Å²) in [6.07, 6.45) is 3.40. The second-order valence-electron chi connectivity index (χ2n) is 7.19. The maximum Gasteiger partial charge on any atom is 0.315 e. The summed E-state index contributed by atoms with van der Waals surface area (Å²) in [6.45, 7) is 6.62. The molecule has 1 fully saturated rings. The Bertz CT molecular complexity index is 608. The molecule has 1 heterocycles. The van der Waals surface area contributed by atoms with Crippen molar-refractivity contribution >= 4 is 11.9 Å². The third kappa shape index (κ3) is 6.54. The quantitative estimate of drug-likeness (QED) is 0.734. The van der Waals surface area contributed by atoms with Gasteiger partial charge in [-0.05, 0) is 36.8 Å². The molecule has 6 heteroatoms. The molecule has 0 atom stereocenters. The highest BCUT2D eigenvalue weighted by Crippen LogP contribution is 2.17. The molecule has 150 valence electrons. The lowest BCUT2D eigenvalue weighted by molar-refractivity contribution is -0.136. The number of rotatable bonds is 8. The molecule has 6 nitrogen and oxygen atoms in total. The highest BCUT2D eigenvalue weighted by molar-refractivity contribution is 5.79. The Labute approximate surface area is 162 Å². The number of hydrogen-bond acceptors (Lipinski definition) is 3. The number of methoxy groups -OCH3 is 1. The smallest absolute Gasteiger partial charge is 0.315 e. The van der Waals surface area contributed by atoms with Crippen molar-refractivity contribution in [3.63, 3.8) is 0 Å². The van der Waals surface area contributed by atoms with Crippen LogP contribution in [0.4, 0.5) is 4.79 Å². The van der Waals surface area contributed by atoms with Crippen molar-refractivity contribution in [1.82, 2.24) is 15.5 Å². The van der Waals surface area contributed by atoms with E-state index in [1.54, 1.807) is 7.11 Å². The molecule has 3 amide bonds. The van der Waals surface area contributed by atoms with Gasteiger partial charge in [0.15, 0.2) is 0 Å². The number of carbonyl (C=O) groups excluding carboxylic acids is 2. The van der Waals surface area contributed by atoms with Gasteiger partial charge in [0.05, 0.1) is 6.61 Å². The Balaban J connectivity index is 1.73. The summed E-state index contributed by atoms with van der Waals surface area (Å²) >= 11 is 0. The Morgan fingerprint density at radius 1 is 1.19 bits per heavy atom. The van der Waals surface area contributed by atoms with Gasteiger partial charge >= 0.3 is 6.03 Å². The molecular formula is C21H33N3O3. The average molecular weight is 376 g/mol. The van der Waals surface area contributed by atoms with Crippen molar-refractivity contribution < 1.29 is 14.3 Å². The maximum absolute atomic E-state index is 12.4. The number of nitrogens with zero attached hydrogens (tertiary/aromatic N) is 1. The Morgan fingerprint density at radius 3 is 2.48 bits per heavy atom. The summed E-state index contributed by atoms with van der Waals surface area (Å²) in [5.74, 6) is 0.394. The van der Waals surface area contributed by atoms with Gasteiger partial charge in [-0.1, -0.05) is 38.1 Å². The van der Waals surface area contributed by atoms with Gasteiger partial charge in [0, 0.05) is 38.7 Å². The highest BCUT2D eigenvalue weighted by Gasteiger charge is 2.27. The second kappa shape index (κ2) is 10.9. The van der Waals surface area contributed by atoms with E-state index in [-0.39, 0.29) is 23.9 Å². The molecule has 0 bridgehead atoms. The third-order valence-electron chi connectivity index (χ3n) is 5.23. The van der Waals surface area contributed by atoms with E-state index >= 15 is 0 Å². The summed E-state index contributed by atoms with van der Waals surface area (Å²) in [5.41, 5.74) is 2.14. The minimum absolute atomic E-state index is 0.121. The van der Waals surface area contributed by atoms with E-state index in [2.05, 4.69) is 24.5 Å². The molecule has 0 aromatic heterocycles. The van der Waals surface area contributed by atoms with Crippen LogP contribution in [0.5, 0.6) is 0 Å². The van der Waals surface area contributed by atoms with E-state index in [0.717, 1.165) is 49.9 Å². The minimum atomic E-state index is -0.156. The standard InChI is InChI=1S/C21H33N3O3/c1-4-18(5-2)20(25)24-11-9-19(10-12-24)23-21(26)22-14-16-7-6-8-17(13-16)15-27-3/h6-8,13,18-19H,4-5,9-12,14-15H2,1-3H3,(H2,22,23,26). The predicted octanol–water partition coefficient (Wildman–Crippen LogP) is 3.06. The zero-order valence-electron chi connectivity index (χ0n) is 16.8. The summed E-state index contributed by atoms with van der Waals surface area (Å²) in [6, 6.07) is 7.96. The number of benzene rings is 1. The van der Waals surface area contributed by atoms with Crippen molar-refractivity contribution in [2.75, 3.05) is 20.2 Å². The lowest BCUT2D eigenvalue weighted by atomic mass is 9.98. The van der Waals surface area contributed by atoms with Crippen molar-refractivity contribution in [3.05, 3.63) is 35.4 Å². The van der Waals surface area contributed by atoms with Crippen LogP contribution in [0.1, 0.15) is 50.7 Å². The minimum Gasteiger partial charge on any atom is -0.380 e. The number of ether oxygens (including phenoxy) is 1. The van der Waals surface area contributed by atoms with Crippen LogP contribution in [0.2, 0.25) is 0 Å². The van der Waals surface area contributed by atoms with Crippen LogP contribution in [0.25, 0.3) is 0 Å². The molecule has 1 aromatic rings. The first-order valence-corrected chi connectivity index (χ1v) is 9.97. The summed E-state index contributed by atoms with van der Waals surface area (Å²) in [5, 5.41) is 5.95. The Kier molecular flexibility index (Phi) is 8.58. The molecule has 1 aromatic carbocycles. The SMILES string of the molecule is CCC(CC)C(=O)N1CCC(NC(=O)NCc2cccc(COC)c2)CC1. The van der Waals surface area contributed by atoms with Crippen LogP contribution in [-0.4, -0.2) is 43.1 Å². The van der Waals surface area contributed by atoms with Crippen LogP contribution >= 0.6 is 0 Å². The molecular weight excluding hydrogens is 342 g/mol. The fraction of sp³-hybridized carbons (Fsp3) is 0.619. The number of piperidine rings is 1. The highest BCUT2D eigenvalue weighted by atomic mass is 16.5. The summed E-state index contributed by atoms with van der Waals surface area (Å²) in [7, 11) is 1.67. The number of nitrogens with one attached hydrogen (secondary N) is 2. The van der Waals surface area contributed by atoms with Crippen LogP contribution in [-0.2, 0) is 22.7 Å². The fourth-order valence-corrected chi connectivity index (χ4v) is 3.56. The zero-order chi connectivity index (χ0) is 19.6. The molecule has 2 rings (SSSR count). The maximum atomic E-state index is 12.4. The monoisotopic (exact) mass is 375 g/mol. The normalized spacial score (nSPS) is 15.0. The van der Waals surface area contributed by atoms with Crippen LogP contribution < -0.4 is 10.6 Å². The van der Waals surface area contributed by atoms with Crippen LogP contribution in [0.3, 0.4) is 0 Å². The molecule has 0 saturated carbocycles. The molecule has 27 heavy (non-hydrogen) atoms. The van der Waals surface area contributed by atoms with E-state index in [4.69, 9.17) is 4.74 Å². The Morgan fingerprint density at radius 2 is 1.85 bits per heavy atom. The average Bonchev–Trinajstić information content (AvgIpc) is 2.68. The summed E-state index contributed by atoms with van der Waals surface area (Å²) in [4.78, 5) is 26.6. The molecule has 2 N–H and O–H groups in total. The van der Waals surface area contributed by atoms with Crippen molar-refractivity contribution in [2.45, 2.75) is 58.7 Å². The lowest BCUT2D eigenvalue weighted by Gasteiger charge is -2.34. The molecule has 1 saturated heterocycles. The second-order valence-corrected chi connectivity index (χ2v) is 7.19. The first kappa shape index (κ1) is 21.2. The predicted molar refractivity (Wildman–Crippen MR) is 106 cm³/mol. The molecule has 1 aliphatic rings. The van der Waals surface area contributed by atoms with Gasteiger partial charge in [-0.2, -0.15) is 0 Å².